The number of halogens is 2. The van der Waals surface area contributed by atoms with Crippen molar-refractivity contribution in [3.05, 3.63) is 80.7 Å². The number of rotatable bonds is 9. The van der Waals surface area contributed by atoms with E-state index in [-0.39, 0.29) is 31.7 Å². The van der Waals surface area contributed by atoms with Gasteiger partial charge in [-0.05, 0) is 35.9 Å². The van der Waals surface area contributed by atoms with Crippen LogP contribution in [0.5, 0.6) is 5.75 Å². The van der Waals surface area contributed by atoms with E-state index in [2.05, 4.69) is 26.1 Å². The third-order valence-electron chi connectivity index (χ3n) is 5.96. The first kappa shape index (κ1) is 26.1. The number of benzene rings is 2. The van der Waals surface area contributed by atoms with Crippen molar-refractivity contribution in [3.63, 3.8) is 0 Å². The monoisotopic (exact) mass is 529 g/mol. The van der Waals surface area contributed by atoms with E-state index >= 15 is 0 Å². The van der Waals surface area contributed by atoms with E-state index in [0.29, 0.717) is 33.3 Å². The number of ether oxygens (including phenoxy) is 2. The molecule has 10 nitrogen and oxygen atoms in total. The highest BCUT2D eigenvalue weighted by Crippen LogP contribution is 2.29. The molecule has 2 heterocycles. The first-order chi connectivity index (χ1) is 17.8. The molecule has 3 aromatic rings. The van der Waals surface area contributed by atoms with Crippen LogP contribution in [0.2, 0.25) is 5.02 Å². The lowest BCUT2D eigenvalue weighted by Gasteiger charge is -2.27. The molecule has 12 heteroatoms. The minimum atomic E-state index is -1.30. The smallest absolute Gasteiger partial charge is 0.264 e. The molecule has 1 saturated heterocycles. The van der Waals surface area contributed by atoms with Gasteiger partial charge in [0, 0.05) is 47.6 Å². The van der Waals surface area contributed by atoms with Gasteiger partial charge in [-0.2, -0.15) is 5.10 Å². The molecule has 0 bridgehead atoms. The number of hydrogen-bond acceptors (Lipinski definition) is 7. The maximum Gasteiger partial charge on any atom is 0.264 e. The van der Waals surface area contributed by atoms with Gasteiger partial charge in [0.2, 0.25) is 5.91 Å². The molecular formula is C25H25ClFN5O5. The second-order valence-electron chi connectivity index (χ2n) is 8.44. The van der Waals surface area contributed by atoms with Gasteiger partial charge in [-0.15, -0.1) is 0 Å². The Balaban J connectivity index is 1.42. The van der Waals surface area contributed by atoms with Crippen LogP contribution in [0.4, 0.5) is 15.8 Å². The van der Waals surface area contributed by atoms with Crippen molar-refractivity contribution in [2.24, 2.45) is 0 Å². The van der Waals surface area contributed by atoms with Crippen LogP contribution >= 0.6 is 11.6 Å². The number of hydrogen-bond donors (Lipinski definition) is 4. The third kappa shape index (κ3) is 6.07. The standard InChI is InChI=1S/C25H25ClFN5O5/c1-36-19-4-5-21(16(8-19)11-27)30-18-3-2-15(20(26)10-18)12-28-24(35)25(6-7-37-14-25)31-23(34)17-9-22(33)32-29-13-17/h2-5,8-10,13,30H,6-7,11-12,14H2,1H3,(H,28,35)(H,31,34)(H,32,33)/t25-/m0/s1. The third-order valence-corrected chi connectivity index (χ3v) is 6.32. The molecule has 0 unspecified atom stereocenters. The van der Waals surface area contributed by atoms with Crippen LogP contribution < -0.4 is 26.2 Å². The van der Waals surface area contributed by atoms with Gasteiger partial charge in [0.1, 0.15) is 18.0 Å². The molecule has 2 aromatic carbocycles. The number of carbonyl (C=O) groups excluding carboxylic acids is 2. The number of anilines is 2. The van der Waals surface area contributed by atoms with Gasteiger partial charge in [0.05, 0.1) is 25.5 Å². The zero-order valence-electron chi connectivity index (χ0n) is 19.9. The van der Waals surface area contributed by atoms with E-state index < -0.39 is 29.6 Å². The summed E-state index contributed by atoms with van der Waals surface area (Å²) in [6.45, 7) is -0.303. The molecule has 4 rings (SSSR count). The SMILES string of the molecule is COc1ccc(Nc2ccc(CNC(=O)[C@]3(NC(=O)c4cn[nH]c(=O)c4)CCOC3)c(Cl)c2)c(CF)c1. The highest BCUT2D eigenvalue weighted by Gasteiger charge is 2.43. The number of nitrogens with one attached hydrogen (secondary N) is 4. The van der Waals surface area contributed by atoms with Crippen molar-refractivity contribution in [2.75, 3.05) is 25.6 Å². The van der Waals surface area contributed by atoms with Gasteiger partial charge in [0.15, 0.2) is 0 Å². The van der Waals surface area contributed by atoms with Gasteiger partial charge in [0.25, 0.3) is 11.5 Å². The summed E-state index contributed by atoms with van der Waals surface area (Å²) in [6, 6.07) is 11.3. The highest BCUT2D eigenvalue weighted by molar-refractivity contribution is 6.31. The first-order valence-electron chi connectivity index (χ1n) is 11.4. The summed E-state index contributed by atoms with van der Waals surface area (Å²) in [4.78, 5) is 37.3. The predicted octanol–water partition coefficient (Wildman–Crippen LogP) is 2.85. The summed E-state index contributed by atoms with van der Waals surface area (Å²) < 4.78 is 24.0. The summed E-state index contributed by atoms with van der Waals surface area (Å²) in [5.41, 5.74) is 0.490. The molecule has 4 N–H and O–H groups in total. The normalized spacial score (nSPS) is 16.7. The Hall–Kier alpha value is -3.96. The lowest BCUT2D eigenvalue weighted by Crippen LogP contribution is -2.59. The second-order valence-corrected chi connectivity index (χ2v) is 8.85. The van der Waals surface area contributed by atoms with Crippen LogP contribution in [0.3, 0.4) is 0 Å². The van der Waals surface area contributed by atoms with E-state index in [4.69, 9.17) is 21.1 Å². The maximum atomic E-state index is 13.5. The summed E-state index contributed by atoms with van der Waals surface area (Å²) >= 11 is 6.45. The largest absolute Gasteiger partial charge is 0.497 e. The van der Waals surface area contributed by atoms with Gasteiger partial charge in [-0.25, -0.2) is 9.49 Å². The van der Waals surface area contributed by atoms with E-state index in [1.807, 2.05) is 0 Å². The zero-order chi connectivity index (χ0) is 26.4. The minimum absolute atomic E-state index is 0.0173. The lowest BCUT2D eigenvalue weighted by molar-refractivity contribution is -0.127. The van der Waals surface area contributed by atoms with Crippen LogP contribution in [0.1, 0.15) is 27.9 Å². The summed E-state index contributed by atoms with van der Waals surface area (Å²) in [7, 11) is 1.51. The molecule has 1 fully saturated rings. The van der Waals surface area contributed by atoms with E-state index in [9.17, 15) is 18.8 Å². The molecule has 0 spiro atoms. The molecule has 1 aliphatic rings. The quantitative estimate of drug-likeness (QED) is 0.335. The van der Waals surface area contributed by atoms with Crippen LogP contribution in [0.15, 0.2) is 53.5 Å². The Labute approximate surface area is 216 Å². The zero-order valence-corrected chi connectivity index (χ0v) is 20.7. The van der Waals surface area contributed by atoms with Crippen LogP contribution in [-0.4, -0.2) is 47.9 Å². The van der Waals surface area contributed by atoms with Crippen LogP contribution in [-0.2, 0) is 22.8 Å². The van der Waals surface area contributed by atoms with Crippen LogP contribution in [0.25, 0.3) is 0 Å². The number of aromatic nitrogens is 2. The Morgan fingerprint density at radius 3 is 2.73 bits per heavy atom. The summed E-state index contributed by atoms with van der Waals surface area (Å²) in [6.07, 6.45) is 1.46. The molecule has 0 aliphatic carbocycles. The number of H-pyrrole nitrogens is 1. The Morgan fingerprint density at radius 2 is 2.05 bits per heavy atom. The molecule has 0 saturated carbocycles. The lowest BCUT2D eigenvalue weighted by atomic mass is 9.96. The topological polar surface area (TPSA) is 134 Å². The summed E-state index contributed by atoms with van der Waals surface area (Å²) in [5, 5.41) is 14.8. The van der Waals surface area contributed by atoms with Crippen molar-refractivity contribution >= 4 is 34.8 Å². The fourth-order valence-corrected chi connectivity index (χ4v) is 4.13. The molecule has 2 amide bonds. The Kier molecular flexibility index (Phi) is 8.04. The van der Waals surface area contributed by atoms with Crippen molar-refractivity contribution in [1.29, 1.82) is 0 Å². The Bertz CT molecular complexity index is 1360. The number of nitrogens with zero attached hydrogens (tertiary/aromatic N) is 1. The predicted molar refractivity (Wildman–Crippen MR) is 135 cm³/mol. The molecule has 194 valence electrons. The van der Waals surface area contributed by atoms with E-state index in [0.717, 1.165) is 6.07 Å². The average molecular weight is 530 g/mol. The minimum Gasteiger partial charge on any atom is -0.497 e. The maximum absolute atomic E-state index is 13.5. The van der Waals surface area contributed by atoms with Gasteiger partial charge >= 0.3 is 0 Å². The van der Waals surface area contributed by atoms with Crippen molar-refractivity contribution in [2.45, 2.75) is 25.2 Å². The van der Waals surface area contributed by atoms with Gasteiger partial charge in [-0.3, -0.25) is 14.4 Å². The fraction of sp³-hybridized carbons (Fsp3) is 0.280. The second kappa shape index (κ2) is 11.4. The van der Waals surface area contributed by atoms with Crippen molar-refractivity contribution in [1.82, 2.24) is 20.8 Å². The number of aromatic amines is 1. The van der Waals surface area contributed by atoms with Crippen molar-refractivity contribution < 1.29 is 23.5 Å². The molecule has 1 atom stereocenters. The number of methoxy groups -OCH3 is 1. The molecule has 1 aromatic heterocycles. The molecule has 1 aliphatic heterocycles. The molecular weight excluding hydrogens is 505 g/mol. The van der Waals surface area contributed by atoms with Gasteiger partial charge < -0.3 is 25.4 Å². The Morgan fingerprint density at radius 1 is 1.22 bits per heavy atom. The van der Waals surface area contributed by atoms with E-state index in [1.54, 1.807) is 36.4 Å². The average Bonchev–Trinajstić information content (AvgIpc) is 3.38. The molecule has 37 heavy (non-hydrogen) atoms. The number of amides is 2. The van der Waals surface area contributed by atoms with Crippen LogP contribution in [0, 0.1) is 0 Å². The first-order valence-corrected chi connectivity index (χ1v) is 11.7. The fourth-order valence-electron chi connectivity index (χ4n) is 3.89. The number of carbonyl (C=O) groups is 2. The summed E-state index contributed by atoms with van der Waals surface area (Å²) in [5.74, 6) is -0.503. The number of alkyl halides is 1. The highest BCUT2D eigenvalue weighted by atomic mass is 35.5. The van der Waals surface area contributed by atoms with Crippen molar-refractivity contribution in [3.8, 4) is 5.75 Å². The van der Waals surface area contributed by atoms with Gasteiger partial charge in [-0.1, -0.05) is 17.7 Å². The van der Waals surface area contributed by atoms with E-state index in [1.165, 1.54) is 13.3 Å². The molecule has 0 radical (unpaired) electrons.